The van der Waals surface area contributed by atoms with Crippen LogP contribution in [0.25, 0.3) is 0 Å². The quantitative estimate of drug-likeness (QED) is 0.742. The number of aryl methyl sites for hydroxylation is 1. The zero-order chi connectivity index (χ0) is 10.6. The Balaban J connectivity index is 2.75. The molecule has 0 radical (unpaired) electrons. The second-order valence-electron chi connectivity index (χ2n) is 3.21. The lowest BCUT2D eigenvalue weighted by molar-refractivity contribution is 0.0196. The minimum Gasteiger partial charge on any atom is -0.457 e. The third-order valence-corrected chi connectivity index (χ3v) is 1.93. The van der Waals surface area contributed by atoms with Crippen LogP contribution in [0.2, 0.25) is 0 Å². The monoisotopic (exact) mass is 194 g/mol. The Kier molecular flexibility index (Phi) is 3.65. The van der Waals surface area contributed by atoms with Crippen molar-refractivity contribution in [3.8, 4) is 0 Å². The van der Waals surface area contributed by atoms with Gasteiger partial charge in [-0.1, -0.05) is 18.2 Å². The fourth-order valence-corrected chi connectivity index (χ4v) is 1.09. The van der Waals surface area contributed by atoms with E-state index in [0.29, 0.717) is 5.56 Å². The van der Waals surface area contributed by atoms with Crippen LogP contribution in [-0.2, 0) is 4.74 Å². The van der Waals surface area contributed by atoms with Gasteiger partial charge in [-0.3, -0.25) is 0 Å². The third-order valence-electron chi connectivity index (χ3n) is 1.93. The number of carbonyl (C=O) groups excluding carboxylic acids is 1. The highest BCUT2D eigenvalue weighted by atomic mass is 16.5. The summed E-state index contributed by atoms with van der Waals surface area (Å²) in [5.41, 5.74) is 1.43. The van der Waals surface area contributed by atoms with Gasteiger partial charge >= 0.3 is 5.97 Å². The molecule has 1 atom stereocenters. The summed E-state index contributed by atoms with van der Waals surface area (Å²) >= 11 is 0. The van der Waals surface area contributed by atoms with E-state index < -0.39 is 6.10 Å². The van der Waals surface area contributed by atoms with Gasteiger partial charge in [0.1, 0.15) is 6.10 Å². The normalized spacial score (nSPS) is 12.2. The van der Waals surface area contributed by atoms with E-state index in [1.54, 1.807) is 19.1 Å². The highest BCUT2D eigenvalue weighted by Gasteiger charge is 2.12. The number of carbonyl (C=O) groups is 1. The minimum absolute atomic E-state index is 0.155. The molecule has 0 bridgehead atoms. The zero-order valence-electron chi connectivity index (χ0n) is 8.36. The van der Waals surface area contributed by atoms with Crippen molar-refractivity contribution in [2.24, 2.45) is 0 Å². The average Bonchev–Trinajstić information content (AvgIpc) is 2.18. The summed E-state index contributed by atoms with van der Waals surface area (Å²) in [6, 6.07) is 7.21. The van der Waals surface area contributed by atoms with Crippen molar-refractivity contribution in [2.45, 2.75) is 20.0 Å². The fourth-order valence-electron chi connectivity index (χ4n) is 1.09. The van der Waals surface area contributed by atoms with Crippen molar-refractivity contribution in [1.29, 1.82) is 0 Å². The standard InChI is InChI=1S/C11H14O3/c1-8-5-3-4-6-10(8)11(13)14-9(2)7-12/h3-6,9,12H,7H2,1-2H3. The molecule has 0 saturated carbocycles. The first kappa shape index (κ1) is 10.7. The lowest BCUT2D eigenvalue weighted by atomic mass is 10.1. The van der Waals surface area contributed by atoms with Crippen LogP contribution in [0.5, 0.6) is 0 Å². The Labute approximate surface area is 83.3 Å². The van der Waals surface area contributed by atoms with Crippen LogP contribution in [0, 0.1) is 6.92 Å². The second-order valence-corrected chi connectivity index (χ2v) is 3.21. The maximum atomic E-state index is 11.5. The van der Waals surface area contributed by atoms with E-state index in [4.69, 9.17) is 9.84 Å². The SMILES string of the molecule is Cc1ccccc1C(=O)OC(C)CO. The topological polar surface area (TPSA) is 46.5 Å². The van der Waals surface area contributed by atoms with Crippen molar-refractivity contribution in [2.75, 3.05) is 6.61 Å². The number of ether oxygens (including phenoxy) is 1. The van der Waals surface area contributed by atoms with Crippen LogP contribution in [0.3, 0.4) is 0 Å². The molecule has 0 fully saturated rings. The van der Waals surface area contributed by atoms with Gasteiger partial charge in [0, 0.05) is 0 Å². The summed E-state index contributed by atoms with van der Waals surface area (Å²) in [6.07, 6.45) is -0.456. The molecule has 0 spiro atoms. The fraction of sp³-hybridized carbons (Fsp3) is 0.364. The predicted octanol–water partition coefficient (Wildman–Crippen LogP) is 1.53. The van der Waals surface area contributed by atoms with Crippen LogP contribution in [0.1, 0.15) is 22.8 Å². The molecule has 0 amide bonds. The van der Waals surface area contributed by atoms with E-state index in [0.717, 1.165) is 5.56 Å². The van der Waals surface area contributed by atoms with Gasteiger partial charge in [-0.25, -0.2) is 4.79 Å². The van der Waals surface area contributed by atoms with E-state index in [1.165, 1.54) is 0 Å². The second kappa shape index (κ2) is 4.77. The van der Waals surface area contributed by atoms with Crippen molar-refractivity contribution in [3.05, 3.63) is 35.4 Å². The minimum atomic E-state index is -0.456. The lowest BCUT2D eigenvalue weighted by Gasteiger charge is -2.11. The molecule has 76 valence electrons. The first-order valence-corrected chi connectivity index (χ1v) is 4.52. The Morgan fingerprint density at radius 2 is 2.14 bits per heavy atom. The Morgan fingerprint density at radius 3 is 2.71 bits per heavy atom. The molecule has 14 heavy (non-hydrogen) atoms. The molecule has 0 heterocycles. The van der Waals surface area contributed by atoms with E-state index >= 15 is 0 Å². The largest absolute Gasteiger partial charge is 0.457 e. The zero-order valence-corrected chi connectivity index (χ0v) is 8.36. The summed E-state index contributed by atoms with van der Waals surface area (Å²) in [5, 5.41) is 8.72. The Bertz CT molecular complexity index is 320. The molecule has 3 nitrogen and oxygen atoms in total. The van der Waals surface area contributed by atoms with Crippen LogP contribution in [0.15, 0.2) is 24.3 Å². The molecule has 0 aromatic heterocycles. The highest BCUT2D eigenvalue weighted by molar-refractivity contribution is 5.91. The molecular formula is C11H14O3. The molecule has 3 heteroatoms. The van der Waals surface area contributed by atoms with Gasteiger partial charge in [0.15, 0.2) is 0 Å². The van der Waals surface area contributed by atoms with Crippen LogP contribution >= 0.6 is 0 Å². The van der Waals surface area contributed by atoms with Crippen molar-refractivity contribution in [1.82, 2.24) is 0 Å². The maximum absolute atomic E-state index is 11.5. The number of benzene rings is 1. The maximum Gasteiger partial charge on any atom is 0.338 e. The molecule has 1 unspecified atom stereocenters. The number of aliphatic hydroxyl groups excluding tert-OH is 1. The van der Waals surface area contributed by atoms with Crippen LogP contribution < -0.4 is 0 Å². The summed E-state index contributed by atoms with van der Waals surface area (Å²) in [7, 11) is 0. The summed E-state index contributed by atoms with van der Waals surface area (Å²) < 4.78 is 4.98. The van der Waals surface area contributed by atoms with E-state index in [2.05, 4.69) is 0 Å². The first-order valence-electron chi connectivity index (χ1n) is 4.52. The Hall–Kier alpha value is -1.35. The number of esters is 1. The van der Waals surface area contributed by atoms with Gasteiger partial charge in [0.05, 0.1) is 12.2 Å². The third kappa shape index (κ3) is 2.57. The smallest absolute Gasteiger partial charge is 0.338 e. The number of hydrogen-bond acceptors (Lipinski definition) is 3. The average molecular weight is 194 g/mol. The molecule has 1 N–H and O–H groups in total. The van der Waals surface area contributed by atoms with Crippen LogP contribution in [-0.4, -0.2) is 23.8 Å². The van der Waals surface area contributed by atoms with Gasteiger partial charge in [-0.15, -0.1) is 0 Å². The van der Waals surface area contributed by atoms with Crippen molar-refractivity contribution < 1.29 is 14.6 Å². The molecule has 1 aromatic rings. The predicted molar refractivity (Wildman–Crippen MR) is 53.1 cm³/mol. The van der Waals surface area contributed by atoms with Crippen molar-refractivity contribution in [3.63, 3.8) is 0 Å². The van der Waals surface area contributed by atoms with Gasteiger partial charge in [0.2, 0.25) is 0 Å². The number of aliphatic hydroxyl groups is 1. The lowest BCUT2D eigenvalue weighted by Crippen LogP contribution is -2.18. The summed E-state index contributed by atoms with van der Waals surface area (Å²) in [6.45, 7) is 3.34. The van der Waals surface area contributed by atoms with Gasteiger partial charge in [0.25, 0.3) is 0 Å². The molecule has 0 aliphatic heterocycles. The molecule has 1 aromatic carbocycles. The Morgan fingerprint density at radius 1 is 1.50 bits per heavy atom. The van der Waals surface area contributed by atoms with Crippen LogP contribution in [0.4, 0.5) is 0 Å². The molecular weight excluding hydrogens is 180 g/mol. The van der Waals surface area contributed by atoms with E-state index in [1.807, 2.05) is 19.1 Å². The number of rotatable bonds is 3. The molecule has 0 aliphatic carbocycles. The van der Waals surface area contributed by atoms with E-state index in [9.17, 15) is 4.79 Å². The van der Waals surface area contributed by atoms with Gasteiger partial charge in [-0.05, 0) is 25.5 Å². The molecule has 0 aliphatic rings. The van der Waals surface area contributed by atoms with E-state index in [-0.39, 0.29) is 12.6 Å². The first-order chi connectivity index (χ1) is 6.65. The van der Waals surface area contributed by atoms with Gasteiger partial charge in [-0.2, -0.15) is 0 Å². The molecule has 0 saturated heterocycles. The van der Waals surface area contributed by atoms with Gasteiger partial charge < -0.3 is 9.84 Å². The summed E-state index contributed by atoms with van der Waals surface area (Å²) in [5.74, 6) is -0.385. The number of hydrogen-bond donors (Lipinski definition) is 1. The highest BCUT2D eigenvalue weighted by Crippen LogP contribution is 2.09. The molecule has 1 rings (SSSR count). The summed E-state index contributed by atoms with van der Waals surface area (Å²) in [4.78, 5) is 11.5. The van der Waals surface area contributed by atoms with Crippen molar-refractivity contribution >= 4 is 5.97 Å².